The van der Waals surface area contributed by atoms with Gasteiger partial charge >= 0.3 is 0 Å². The van der Waals surface area contributed by atoms with Crippen LogP contribution in [0.25, 0.3) is 0 Å². The van der Waals surface area contributed by atoms with Gasteiger partial charge in [-0.05, 0) is 24.9 Å². The molecule has 94 valence electrons. The van der Waals surface area contributed by atoms with E-state index in [0.29, 0.717) is 6.04 Å². The molecule has 2 rings (SSSR count). The smallest absolute Gasteiger partial charge is 0.0597 e. The molecule has 0 amide bonds. The Balaban J connectivity index is 2.01. The summed E-state index contributed by atoms with van der Waals surface area (Å²) >= 11 is 0. The van der Waals surface area contributed by atoms with Crippen molar-refractivity contribution >= 4 is 0 Å². The summed E-state index contributed by atoms with van der Waals surface area (Å²) in [4.78, 5) is 2.42. The van der Waals surface area contributed by atoms with E-state index in [4.69, 9.17) is 5.73 Å². The second-order valence-corrected chi connectivity index (χ2v) is 4.87. The van der Waals surface area contributed by atoms with Gasteiger partial charge in [-0.25, -0.2) is 0 Å². The lowest BCUT2D eigenvalue weighted by molar-refractivity contribution is 0.0944. The summed E-state index contributed by atoms with van der Waals surface area (Å²) in [6, 6.07) is 10.7. The fraction of sp³-hybridized carbons (Fsp3) is 0.571. The molecule has 3 N–H and O–H groups in total. The maximum atomic E-state index is 9.22. The lowest BCUT2D eigenvalue weighted by Gasteiger charge is -2.38. The summed E-state index contributed by atoms with van der Waals surface area (Å²) in [5.74, 6) is 0. The number of benzene rings is 1. The fourth-order valence-electron chi connectivity index (χ4n) is 2.64. The van der Waals surface area contributed by atoms with Gasteiger partial charge in [0.25, 0.3) is 0 Å². The summed E-state index contributed by atoms with van der Waals surface area (Å²) in [7, 11) is 0. The van der Waals surface area contributed by atoms with Crippen molar-refractivity contribution in [2.24, 2.45) is 5.73 Å². The second kappa shape index (κ2) is 6.15. The van der Waals surface area contributed by atoms with Crippen molar-refractivity contribution in [1.29, 1.82) is 0 Å². The van der Waals surface area contributed by atoms with Crippen LogP contribution in [0.5, 0.6) is 0 Å². The predicted molar refractivity (Wildman–Crippen MR) is 69.6 cm³/mol. The average Bonchev–Trinajstić information content (AvgIpc) is 2.40. The Morgan fingerprint density at radius 2 is 2.06 bits per heavy atom. The molecule has 1 saturated heterocycles. The molecule has 2 atom stereocenters. The molecule has 1 aliphatic heterocycles. The molecular formula is C14H22N2O. The highest BCUT2D eigenvalue weighted by Gasteiger charge is 2.27. The van der Waals surface area contributed by atoms with Crippen molar-refractivity contribution in [1.82, 2.24) is 4.90 Å². The highest BCUT2D eigenvalue weighted by Crippen LogP contribution is 2.21. The van der Waals surface area contributed by atoms with E-state index in [1.165, 1.54) is 18.4 Å². The van der Waals surface area contributed by atoms with Gasteiger partial charge in [-0.1, -0.05) is 36.8 Å². The minimum Gasteiger partial charge on any atom is -0.395 e. The van der Waals surface area contributed by atoms with Crippen molar-refractivity contribution in [2.45, 2.75) is 37.9 Å². The molecule has 1 aliphatic rings. The first-order valence-electron chi connectivity index (χ1n) is 6.45. The number of rotatable bonds is 4. The van der Waals surface area contributed by atoms with Gasteiger partial charge in [0.2, 0.25) is 0 Å². The number of aliphatic hydroxyl groups excluding tert-OH is 1. The zero-order chi connectivity index (χ0) is 12.1. The summed E-state index contributed by atoms with van der Waals surface area (Å²) in [6.07, 6.45) is 3.57. The molecule has 1 aromatic rings. The van der Waals surface area contributed by atoms with Crippen molar-refractivity contribution in [3.63, 3.8) is 0 Å². The SMILES string of the molecule is NC(CO)C1CCCCN1Cc1ccccc1. The molecule has 0 spiro atoms. The van der Waals surface area contributed by atoms with Gasteiger partial charge in [0.1, 0.15) is 0 Å². The van der Waals surface area contributed by atoms with Gasteiger partial charge < -0.3 is 10.8 Å². The lowest BCUT2D eigenvalue weighted by Crippen LogP contribution is -2.51. The van der Waals surface area contributed by atoms with Gasteiger partial charge in [0, 0.05) is 18.6 Å². The summed E-state index contributed by atoms with van der Waals surface area (Å²) in [5, 5.41) is 9.22. The molecule has 0 aromatic heterocycles. The monoisotopic (exact) mass is 234 g/mol. The van der Waals surface area contributed by atoms with Crippen LogP contribution in [0.15, 0.2) is 30.3 Å². The Labute approximate surface area is 103 Å². The quantitative estimate of drug-likeness (QED) is 0.827. The zero-order valence-electron chi connectivity index (χ0n) is 10.3. The Kier molecular flexibility index (Phi) is 4.54. The van der Waals surface area contributed by atoms with Crippen LogP contribution in [0.4, 0.5) is 0 Å². The topological polar surface area (TPSA) is 49.5 Å². The predicted octanol–water partition coefficient (Wildman–Crippen LogP) is 1.36. The van der Waals surface area contributed by atoms with Crippen molar-refractivity contribution in [3.8, 4) is 0 Å². The van der Waals surface area contributed by atoms with Crippen molar-refractivity contribution < 1.29 is 5.11 Å². The number of piperidine rings is 1. The molecular weight excluding hydrogens is 212 g/mol. The molecule has 3 heteroatoms. The zero-order valence-corrected chi connectivity index (χ0v) is 10.3. The molecule has 0 bridgehead atoms. The van der Waals surface area contributed by atoms with Gasteiger partial charge in [-0.3, -0.25) is 4.90 Å². The number of likely N-dealkylation sites (tertiary alicyclic amines) is 1. The first-order chi connectivity index (χ1) is 8.31. The molecule has 1 aromatic carbocycles. The molecule has 0 aliphatic carbocycles. The van der Waals surface area contributed by atoms with Crippen LogP contribution in [-0.4, -0.2) is 35.2 Å². The standard InChI is InChI=1S/C14H22N2O/c15-13(11-17)14-8-4-5-9-16(14)10-12-6-2-1-3-7-12/h1-3,6-7,13-14,17H,4-5,8-11,15H2. The summed E-state index contributed by atoms with van der Waals surface area (Å²) < 4.78 is 0. The van der Waals surface area contributed by atoms with Crippen LogP contribution in [0.2, 0.25) is 0 Å². The van der Waals surface area contributed by atoms with Crippen LogP contribution in [-0.2, 0) is 6.54 Å². The first-order valence-corrected chi connectivity index (χ1v) is 6.45. The van der Waals surface area contributed by atoms with E-state index < -0.39 is 0 Å². The third kappa shape index (κ3) is 3.28. The van der Waals surface area contributed by atoms with Crippen LogP contribution < -0.4 is 5.73 Å². The van der Waals surface area contributed by atoms with E-state index in [1.807, 2.05) is 6.07 Å². The minimum atomic E-state index is -0.112. The lowest BCUT2D eigenvalue weighted by atomic mass is 9.96. The molecule has 17 heavy (non-hydrogen) atoms. The Hall–Kier alpha value is -0.900. The Morgan fingerprint density at radius 3 is 2.76 bits per heavy atom. The second-order valence-electron chi connectivity index (χ2n) is 4.87. The van der Waals surface area contributed by atoms with Crippen molar-refractivity contribution in [3.05, 3.63) is 35.9 Å². The minimum absolute atomic E-state index is 0.0793. The molecule has 2 unspecified atom stereocenters. The normalized spacial score (nSPS) is 23.5. The van der Waals surface area contributed by atoms with Crippen LogP contribution in [0, 0.1) is 0 Å². The Morgan fingerprint density at radius 1 is 1.29 bits per heavy atom. The molecule has 1 heterocycles. The number of nitrogens with two attached hydrogens (primary N) is 1. The van der Waals surface area contributed by atoms with Crippen molar-refractivity contribution in [2.75, 3.05) is 13.2 Å². The van der Waals surface area contributed by atoms with Crippen LogP contribution >= 0.6 is 0 Å². The van der Waals surface area contributed by atoms with E-state index in [9.17, 15) is 5.11 Å². The highest BCUT2D eigenvalue weighted by molar-refractivity contribution is 5.14. The summed E-state index contributed by atoms with van der Waals surface area (Å²) in [6.45, 7) is 2.11. The molecule has 0 radical (unpaired) electrons. The third-order valence-corrected chi connectivity index (χ3v) is 3.60. The van der Waals surface area contributed by atoms with E-state index in [1.54, 1.807) is 0 Å². The fourth-order valence-corrected chi connectivity index (χ4v) is 2.64. The maximum absolute atomic E-state index is 9.22. The number of aliphatic hydroxyl groups is 1. The average molecular weight is 234 g/mol. The molecule has 1 fully saturated rings. The Bertz CT molecular complexity index is 328. The van der Waals surface area contributed by atoms with E-state index in [-0.39, 0.29) is 12.6 Å². The van der Waals surface area contributed by atoms with E-state index in [0.717, 1.165) is 19.5 Å². The van der Waals surface area contributed by atoms with Crippen LogP contribution in [0.3, 0.4) is 0 Å². The molecule has 3 nitrogen and oxygen atoms in total. The van der Waals surface area contributed by atoms with Gasteiger partial charge in [0.05, 0.1) is 6.61 Å². The van der Waals surface area contributed by atoms with E-state index >= 15 is 0 Å². The maximum Gasteiger partial charge on any atom is 0.0597 e. The van der Waals surface area contributed by atoms with Crippen LogP contribution in [0.1, 0.15) is 24.8 Å². The van der Waals surface area contributed by atoms with Gasteiger partial charge in [0.15, 0.2) is 0 Å². The van der Waals surface area contributed by atoms with Gasteiger partial charge in [-0.15, -0.1) is 0 Å². The highest BCUT2D eigenvalue weighted by atomic mass is 16.3. The number of hydrogen-bond donors (Lipinski definition) is 2. The summed E-state index contributed by atoms with van der Waals surface area (Å²) in [5.41, 5.74) is 7.32. The van der Waals surface area contributed by atoms with Gasteiger partial charge in [-0.2, -0.15) is 0 Å². The molecule has 0 saturated carbocycles. The third-order valence-electron chi connectivity index (χ3n) is 3.60. The van der Waals surface area contributed by atoms with E-state index in [2.05, 4.69) is 29.2 Å². The largest absolute Gasteiger partial charge is 0.395 e. The number of nitrogens with zero attached hydrogens (tertiary/aromatic N) is 1. The number of hydrogen-bond acceptors (Lipinski definition) is 3. The first kappa shape index (κ1) is 12.6.